The predicted octanol–water partition coefficient (Wildman–Crippen LogP) is 4.72. The van der Waals surface area contributed by atoms with E-state index in [1.165, 1.54) is 17.4 Å². The van der Waals surface area contributed by atoms with Gasteiger partial charge in [-0.3, -0.25) is 4.79 Å². The summed E-state index contributed by atoms with van der Waals surface area (Å²) in [6, 6.07) is 3.06. The Morgan fingerprint density at radius 3 is 2.68 bits per heavy atom. The van der Waals surface area contributed by atoms with E-state index in [0.717, 1.165) is 52.3 Å². The van der Waals surface area contributed by atoms with Crippen LogP contribution in [0.25, 0.3) is 10.2 Å². The third-order valence-electron chi connectivity index (χ3n) is 4.32. The number of thiophene rings is 1. The van der Waals surface area contributed by atoms with Crippen molar-refractivity contribution < 1.29 is 13.6 Å². The van der Waals surface area contributed by atoms with Gasteiger partial charge in [0.25, 0.3) is 5.91 Å². The fraction of sp³-hybridized carbons (Fsp3) is 0.278. The molecule has 7 heteroatoms. The molecular formula is C18H15F2N3OS. The number of halogens is 2. The number of benzene rings is 1. The van der Waals surface area contributed by atoms with Crippen molar-refractivity contribution in [3.63, 3.8) is 0 Å². The van der Waals surface area contributed by atoms with E-state index in [-0.39, 0.29) is 5.69 Å². The highest BCUT2D eigenvalue weighted by Gasteiger charge is 2.28. The number of aromatic nitrogens is 2. The number of fused-ring (bicyclic) bond motifs is 1. The SMILES string of the molecule is Cc1nc(C2CC2)nc2sc(C(=O)Nc3ccc(F)cc3F)c(C)c12. The number of hydrogen-bond acceptors (Lipinski definition) is 4. The van der Waals surface area contributed by atoms with Gasteiger partial charge in [0.1, 0.15) is 22.3 Å². The van der Waals surface area contributed by atoms with Gasteiger partial charge in [-0.05, 0) is 44.4 Å². The van der Waals surface area contributed by atoms with Crippen molar-refractivity contribution in [3.8, 4) is 0 Å². The molecule has 1 amide bonds. The lowest BCUT2D eigenvalue weighted by atomic mass is 10.1. The molecule has 0 aliphatic heterocycles. The molecule has 1 aliphatic rings. The van der Waals surface area contributed by atoms with E-state index < -0.39 is 17.5 Å². The van der Waals surface area contributed by atoms with Gasteiger partial charge in [-0.15, -0.1) is 11.3 Å². The summed E-state index contributed by atoms with van der Waals surface area (Å²) < 4.78 is 26.8. The number of nitrogens with zero attached hydrogens (tertiary/aromatic N) is 2. The normalized spacial score (nSPS) is 14.1. The number of anilines is 1. The summed E-state index contributed by atoms with van der Waals surface area (Å²) in [7, 11) is 0. The van der Waals surface area contributed by atoms with Gasteiger partial charge < -0.3 is 5.32 Å². The second kappa shape index (κ2) is 5.84. The zero-order valence-electron chi connectivity index (χ0n) is 13.7. The maximum absolute atomic E-state index is 13.8. The van der Waals surface area contributed by atoms with Gasteiger partial charge in [0, 0.05) is 17.4 Å². The molecule has 0 unspecified atom stereocenters. The molecule has 3 aromatic rings. The Morgan fingerprint density at radius 2 is 2.00 bits per heavy atom. The molecule has 0 spiro atoms. The molecule has 1 N–H and O–H groups in total. The Kier molecular flexibility index (Phi) is 3.76. The van der Waals surface area contributed by atoms with Gasteiger partial charge in [-0.2, -0.15) is 0 Å². The summed E-state index contributed by atoms with van der Waals surface area (Å²) in [6.07, 6.45) is 2.21. The number of carbonyl (C=O) groups is 1. The van der Waals surface area contributed by atoms with Crippen LogP contribution in [0.2, 0.25) is 0 Å². The maximum atomic E-state index is 13.8. The van der Waals surface area contributed by atoms with E-state index in [4.69, 9.17) is 0 Å². The molecule has 2 heterocycles. The zero-order chi connectivity index (χ0) is 17.7. The quantitative estimate of drug-likeness (QED) is 0.736. The first-order chi connectivity index (χ1) is 11.9. The minimum Gasteiger partial charge on any atom is -0.319 e. The fourth-order valence-corrected chi connectivity index (χ4v) is 4.00. The number of hydrogen-bond donors (Lipinski definition) is 1. The first-order valence-electron chi connectivity index (χ1n) is 7.98. The monoisotopic (exact) mass is 359 g/mol. The van der Waals surface area contributed by atoms with Crippen molar-refractivity contribution in [2.24, 2.45) is 0 Å². The summed E-state index contributed by atoms with van der Waals surface area (Å²) in [4.78, 5) is 23.0. The molecule has 0 bridgehead atoms. The van der Waals surface area contributed by atoms with Crippen molar-refractivity contribution in [1.29, 1.82) is 0 Å². The first-order valence-corrected chi connectivity index (χ1v) is 8.79. The van der Waals surface area contributed by atoms with Crippen LogP contribution in [0.4, 0.5) is 14.5 Å². The average molecular weight is 359 g/mol. The Bertz CT molecular complexity index is 1010. The Morgan fingerprint density at radius 1 is 1.24 bits per heavy atom. The molecule has 1 aliphatic carbocycles. The number of nitrogens with one attached hydrogen (secondary N) is 1. The molecule has 1 fully saturated rings. The number of rotatable bonds is 3. The van der Waals surface area contributed by atoms with Crippen LogP contribution in [0.1, 0.15) is 45.5 Å². The molecule has 1 aromatic carbocycles. The van der Waals surface area contributed by atoms with Crippen LogP contribution in [0.5, 0.6) is 0 Å². The standard InChI is InChI=1S/C18H15F2N3OS/c1-8-14-9(2)21-16(10-3-4-10)23-18(14)25-15(8)17(24)22-13-6-5-11(19)7-12(13)20/h5-7,10H,3-4H2,1-2H3,(H,22,24). The second-order valence-corrected chi connectivity index (χ2v) is 7.26. The van der Waals surface area contributed by atoms with Crippen molar-refractivity contribution in [1.82, 2.24) is 9.97 Å². The Hall–Kier alpha value is -2.41. The van der Waals surface area contributed by atoms with E-state index in [1.807, 2.05) is 13.8 Å². The molecule has 2 aromatic heterocycles. The average Bonchev–Trinajstić information content (AvgIpc) is 3.34. The van der Waals surface area contributed by atoms with Crippen molar-refractivity contribution in [2.45, 2.75) is 32.6 Å². The van der Waals surface area contributed by atoms with Crippen LogP contribution in [0.15, 0.2) is 18.2 Å². The van der Waals surface area contributed by atoms with E-state index in [0.29, 0.717) is 10.8 Å². The van der Waals surface area contributed by atoms with Crippen LogP contribution < -0.4 is 5.32 Å². The molecule has 128 valence electrons. The molecule has 0 atom stereocenters. The largest absolute Gasteiger partial charge is 0.319 e. The molecular weight excluding hydrogens is 344 g/mol. The van der Waals surface area contributed by atoms with E-state index >= 15 is 0 Å². The van der Waals surface area contributed by atoms with Gasteiger partial charge in [-0.1, -0.05) is 0 Å². The molecule has 0 radical (unpaired) electrons. The lowest BCUT2D eigenvalue weighted by molar-refractivity contribution is 0.102. The molecule has 0 saturated heterocycles. The third-order valence-corrected chi connectivity index (χ3v) is 5.50. The van der Waals surface area contributed by atoms with Crippen LogP contribution in [0, 0.1) is 25.5 Å². The number of aryl methyl sites for hydroxylation is 2. The number of amides is 1. The highest BCUT2D eigenvalue weighted by atomic mass is 32.1. The predicted molar refractivity (Wildman–Crippen MR) is 93.2 cm³/mol. The third kappa shape index (κ3) is 2.89. The zero-order valence-corrected chi connectivity index (χ0v) is 14.5. The van der Waals surface area contributed by atoms with Gasteiger partial charge in [0.15, 0.2) is 0 Å². The van der Waals surface area contributed by atoms with E-state index in [1.54, 1.807) is 0 Å². The van der Waals surface area contributed by atoms with Gasteiger partial charge in [0.05, 0.1) is 16.3 Å². The minimum absolute atomic E-state index is 0.0512. The maximum Gasteiger partial charge on any atom is 0.266 e. The number of carbonyl (C=O) groups excluding carboxylic acids is 1. The van der Waals surface area contributed by atoms with Gasteiger partial charge in [-0.25, -0.2) is 18.7 Å². The molecule has 25 heavy (non-hydrogen) atoms. The molecule has 4 rings (SSSR count). The van der Waals surface area contributed by atoms with E-state index in [9.17, 15) is 13.6 Å². The minimum atomic E-state index is -0.806. The molecule has 1 saturated carbocycles. The highest BCUT2D eigenvalue weighted by Crippen LogP contribution is 2.40. The Labute approximate surface area is 146 Å². The van der Waals surface area contributed by atoms with Crippen LogP contribution >= 0.6 is 11.3 Å². The Balaban J connectivity index is 1.71. The summed E-state index contributed by atoms with van der Waals surface area (Å²) in [5.41, 5.74) is 1.58. The van der Waals surface area contributed by atoms with Crippen molar-refractivity contribution in [2.75, 3.05) is 5.32 Å². The topological polar surface area (TPSA) is 54.9 Å². The summed E-state index contributed by atoms with van der Waals surface area (Å²) >= 11 is 1.27. The lowest BCUT2D eigenvalue weighted by Crippen LogP contribution is -2.12. The fourth-order valence-electron chi connectivity index (χ4n) is 2.87. The lowest BCUT2D eigenvalue weighted by Gasteiger charge is -2.06. The van der Waals surface area contributed by atoms with E-state index in [2.05, 4.69) is 15.3 Å². The van der Waals surface area contributed by atoms with Gasteiger partial charge in [0.2, 0.25) is 0 Å². The summed E-state index contributed by atoms with van der Waals surface area (Å²) in [5, 5.41) is 3.38. The smallest absolute Gasteiger partial charge is 0.266 e. The van der Waals surface area contributed by atoms with Crippen LogP contribution in [-0.4, -0.2) is 15.9 Å². The van der Waals surface area contributed by atoms with Crippen LogP contribution in [-0.2, 0) is 0 Å². The van der Waals surface area contributed by atoms with Crippen LogP contribution in [0.3, 0.4) is 0 Å². The summed E-state index contributed by atoms with van der Waals surface area (Å²) in [6.45, 7) is 3.75. The first kappa shape index (κ1) is 16.1. The van der Waals surface area contributed by atoms with Crippen molar-refractivity contribution in [3.05, 3.63) is 51.8 Å². The second-order valence-electron chi connectivity index (χ2n) is 6.26. The van der Waals surface area contributed by atoms with Crippen molar-refractivity contribution >= 4 is 33.1 Å². The highest BCUT2D eigenvalue weighted by molar-refractivity contribution is 7.20. The molecule has 4 nitrogen and oxygen atoms in total. The summed E-state index contributed by atoms with van der Waals surface area (Å²) in [5.74, 6) is -0.664. The van der Waals surface area contributed by atoms with Gasteiger partial charge >= 0.3 is 0 Å².